The first kappa shape index (κ1) is 16.0. The van der Waals surface area contributed by atoms with Gasteiger partial charge in [0.25, 0.3) is 5.56 Å². The number of amides is 2. The second-order valence-electron chi connectivity index (χ2n) is 5.14. The number of rotatable bonds is 6. The van der Waals surface area contributed by atoms with Gasteiger partial charge in [0.05, 0.1) is 6.61 Å². The number of aromatic amines is 1. The van der Waals surface area contributed by atoms with Crippen molar-refractivity contribution in [1.29, 1.82) is 0 Å². The molecule has 0 fully saturated rings. The fourth-order valence-electron chi connectivity index (χ4n) is 2.20. The number of ether oxygens (including phenoxy) is 1. The summed E-state index contributed by atoms with van der Waals surface area (Å²) >= 11 is 0. The van der Waals surface area contributed by atoms with Crippen LogP contribution in [0.3, 0.4) is 0 Å². The Bertz CT molecular complexity index is 709. The minimum absolute atomic E-state index is 0.113. The Labute approximate surface area is 128 Å². The van der Waals surface area contributed by atoms with Gasteiger partial charge in [0.1, 0.15) is 0 Å². The summed E-state index contributed by atoms with van der Waals surface area (Å²) in [6.45, 7) is 3.34. The van der Waals surface area contributed by atoms with Gasteiger partial charge in [0, 0.05) is 31.3 Å². The Hall–Kier alpha value is -2.34. The highest BCUT2D eigenvalue weighted by atomic mass is 16.5. The average Bonchev–Trinajstić information content (AvgIpc) is 2.48. The van der Waals surface area contributed by atoms with Gasteiger partial charge in [-0.2, -0.15) is 0 Å². The molecule has 22 heavy (non-hydrogen) atoms. The Morgan fingerprint density at radius 3 is 2.77 bits per heavy atom. The number of aromatic nitrogens is 1. The van der Waals surface area contributed by atoms with Gasteiger partial charge in [-0.25, -0.2) is 4.79 Å². The molecule has 1 aromatic carbocycles. The quantitative estimate of drug-likeness (QED) is 0.704. The molecule has 0 aliphatic heterocycles. The van der Waals surface area contributed by atoms with E-state index in [1.165, 1.54) is 0 Å². The van der Waals surface area contributed by atoms with E-state index in [9.17, 15) is 9.59 Å². The van der Waals surface area contributed by atoms with E-state index < -0.39 is 0 Å². The van der Waals surface area contributed by atoms with Gasteiger partial charge in [-0.15, -0.1) is 0 Å². The third-order valence-corrected chi connectivity index (χ3v) is 3.35. The summed E-state index contributed by atoms with van der Waals surface area (Å²) in [7, 11) is 1.58. The van der Waals surface area contributed by atoms with Gasteiger partial charge in [0.2, 0.25) is 0 Å². The number of carbonyl (C=O) groups is 1. The molecule has 0 atom stereocenters. The first-order valence-electron chi connectivity index (χ1n) is 7.23. The molecular formula is C16H21N3O3. The van der Waals surface area contributed by atoms with Crippen LogP contribution in [0.15, 0.2) is 29.1 Å². The maximum atomic E-state index is 12.0. The van der Waals surface area contributed by atoms with Crippen molar-refractivity contribution in [2.24, 2.45) is 0 Å². The molecule has 3 N–H and O–H groups in total. The van der Waals surface area contributed by atoms with Gasteiger partial charge in [0.15, 0.2) is 0 Å². The first-order chi connectivity index (χ1) is 10.6. The van der Waals surface area contributed by atoms with E-state index in [-0.39, 0.29) is 11.6 Å². The minimum Gasteiger partial charge on any atom is -0.383 e. The molecule has 6 heteroatoms. The normalized spacial score (nSPS) is 10.6. The monoisotopic (exact) mass is 303 g/mol. The Balaban J connectivity index is 1.95. The lowest BCUT2D eigenvalue weighted by atomic mass is 10.1. The Kier molecular flexibility index (Phi) is 5.55. The Morgan fingerprint density at radius 2 is 2.00 bits per heavy atom. The lowest BCUT2D eigenvalue weighted by Gasteiger charge is -2.07. The van der Waals surface area contributed by atoms with Crippen LogP contribution in [0.5, 0.6) is 0 Å². The number of fused-ring (bicyclic) bond motifs is 1. The fourth-order valence-corrected chi connectivity index (χ4v) is 2.20. The zero-order chi connectivity index (χ0) is 15.9. The molecule has 2 aromatic rings. The largest absolute Gasteiger partial charge is 0.383 e. The van der Waals surface area contributed by atoms with E-state index in [1.807, 2.05) is 31.2 Å². The summed E-state index contributed by atoms with van der Waals surface area (Å²) in [6, 6.07) is 7.51. The van der Waals surface area contributed by atoms with Crippen LogP contribution in [0.25, 0.3) is 10.9 Å². The molecule has 6 nitrogen and oxygen atoms in total. The van der Waals surface area contributed by atoms with Gasteiger partial charge >= 0.3 is 6.03 Å². The van der Waals surface area contributed by atoms with Gasteiger partial charge in [-0.1, -0.05) is 11.6 Å². The molecule has 2 amide bonds. The van der Waals surface area contributed by atoms with Crippen LogP contribution in [0, 0.1) is 6.92 Å². The van der Waals surface area contributed by atoms with Crippen molar-refractivity contribution >= 4 is 16.9 Å². The third-order valence-electron chi connectivity index (χ3n) is 3.35. The molecule has 118 valence electrons. The molecule has 0 radical (unpaired) electrons. The Morgan fingerprint density at radius 1 is 1.23 bits per heavy atom. The van der Waals surface area contributed by atoms with Crippen molar-refractivity contribution in [2.45, 2.75) is 13.3 Å². The highest BCUT2D eigenvalue weighted by Crippen LogP contribution is 2.13. The molecule has 1 heterocycles. The van der Waals surface area contributed by atoms with Crippen molar-refractivity contribution in [3.8, 4) is 0 Å². The third kappa shape index (κ3) is 4.33. The van der Waals surface area contributed by atoms with Gasteiger partial charge in [-0.05, 0) is 36.9 Å². The van der Waals surface area contributed by atoms with E-state index in [2.05, 4.69) is 15.6 Å². The molecular weight excluding hydrogens is 282 g/mol. The summed E-state index contributed by atoms with van der Waals surface area (Å²) in [4.78, 5) is 26.4. The lowest BCUT2D eigenvalue weighted by molar-refractivity contribution is 0.196. The molecule has 0 bridgehead atoms. The molecule has 0 spiro atoms. The summed E-state index contributed by atoms with van der Waals surface area (Å²) in [5.41, 5.74) is 2.51. The molecule has 1 aromatic heterocycles. The number of H-pyrrole nitrogens is 1. The second-order valence-corrected chi connectivity index (χ2v) is 5.14. The minimum atomic E-state index is -0.259. The zero-order valence-corrected chi connectivity index (χ0v) is 12.9. The number of methoxy groups -OCH3 is 1. The van der Waals surface area contributed by atoms with Crippen LogP contribution in [0.2, 0.25) is 0 Å². The first-order valence-corrected chi connectivity index (χ1v) is 7.23. The number of benzene rings is 1. The molecule has 0 saturated carbocycles. The van der Waals surface area contributed by atoms with Crippen molar-refractivity contribution in [2.75, 3.05) is 26.8 Å². The molecule has 0 saturated heterocycles. The van der Waals surface area contributed by atoms with Crippen LogP contribution in [0.1, 0.15) is 11.1 Å². The average molecular weight is 303 g/mol. The van der Waals surface area contributed by atoms with Crippen LogP contribution in [0.4, 0.5) is 4.79 Å². The maximum absolute atomic E-state index is 12.0. The smallest absolute Gasteiger partial charge is 0.314 e. The van der Waals surface area contributed by atoms with Crippen LogP contribution < -0.4 is 16.2 Å². The van der Waals surface area contributed by atoms with Crippen LogP contribution in [-0.4, -0.2) is 37.8 Å². The highest BCUT2D eigenvalue weighted by Gasteiger charge is 2.04. The summed E-state index contributed by atoms with van der Waals surface area (Å²) in [6.07, 6.45) is 0.483. The summed E-state index contributed by atoms with van der Waals surface area (Å²) < 4.78 is 4.84. The predicted molar refractivity (Wildman–Crippen MR) is 86.3 cm³/mol. The second kappa shape index (κ2) is 7.61. The molecule has 0 aliphatic carbocycles. The van der Waals surface area contributed by atoms with Gasteiger partial charge < -0.3 is 20.4 Å². The molecule has 0 unspecified atom stereocenters. The van der Waals surface area contributed by atoms with Crippen molar-refractivity contribution in [1.82, 2.24) is 15.6 Å². The topological polar surface area (TPSA) is 83.2 Å². The fraction of sp³-hybridized carbons (Fsp3) is 0.375. The van der Waals surface area contributed by atoms with Crippen molar-refractivity contribution < 1.29 is 9.53 Å². The van der Waals surface area contributed by atoms with E-state index >= 15 is 0 Å². The van der Waals surface area contributed by atoms with Crippen molar-refractivity contribution in [3.63, 3.8) is 0 Å². The SMILES string of the molecule is COCCNC(=O)NCCc1cc2cc(C)ccc2[nH]c1=O. The number of carbonyl (C=O) groups excluding carboxylic acids is 1. The maximum Gasteiger partial charge on any atom is 0.314 e. The van der Waals surface area contributed by atoms with E-state index in [0.29, 0.717) is 31.7 Å². The van der Waals surface area contributed by atoms with Crippen molar-refractivity contribution in [3.05, 3.63) is 45.7 Å². The lowest BCUT2D eigenvalue weighted by Crippen LogP contribution is -2.38. The standard InChI is InChI=1S/C16H21N3O3/c1-11-3-4-14-13(9-11)10-12(15(20)19-14)5-6-17-16(21)18-7-8-22-2/h3-4,9-10H,5-8H2,1-2H3,(H,19,20)(H2,17,18,21). The van der Waals surface area contributed by atoms with E-state index in [0.717, 1.165) is 16.5 Å². The van der Waals surface area contributed by atoms with E-state index in [4.69, 9.17) is 4.74 Å². The highest BCUT2D eigenvalue weighted by molar-refractivity contribution is 5.79. The molecule has 2 rings (SSSR count). The van der Waals surface area contributed by atoms with Crippen LogP contribution >= 0.6 is 0 Å². The summed E-state index contributed by atoms with van der Waals surface area (Å²) in [5, 5.41) is 6.38. The number of urea groups is 1. The predicted octanol–water partition coefficient (Wildman–Crippen LogP) is 1.32. The molecule has 0 aliphatic rings. The number of hydrogen-bond acceptors (Lipinski definition) is 3. The van der Waals surface area contributed by atoms with Gasteiger partial charge in [-0.3, -0.25) is 4.79 Å². The number of pyridine rings is 1. The van der Waals surface area contributed by atoms with Crippen LogP contribution in [-0.2, 0) is 11.2 Å². The number of aryl methyl sites for hydroxylation is 1. The summed E-state index contributed by atoms with van der Waals surface area (Å²) in [5.74, 6) is 0. The van der Waals surface area contributed by atoms with E-state index in [1.54, 1.807) is 7.11 Å². The number of hydrogen-bond donors (Lipinski definition) is 3. The zero-order valence-electron chi connectivity index (χ0n) is 12.9. The number of nitrogens with one attached hydrogen (secondary N) is 3.